The molecule has 0 amide bonds. The Hall–Kier alpha value is -0.940. The zero-order valence-corrected chi connectivity index (χ0v) is 22.1. The van der Waals surface area contributed by atoms with Gasteiger partial charge in [0.15, 0.2) is 0 Å². The summed E-state index contributed by atoms with van der Waals surface area (Å²) in [5, 5.41) is 0. The van der Waals surface area contributed by atoms with Crippen molar-refractivity contribution in [2.24, 2.45) is 16.2 Å². The molecule has 0 bridgehead atoms. The molecule has 2 saturated carbocycles. The highest BCUT2D eigenvalue weighted by atomic mass is 16.5. The van der Waals surface area contributed by atoms with Crippen LogP contribution in [-0.4, -0.2) is 63.7 Å². The first-order valence-electron chi connectivity index (χ1n) is 13.3. The summed E-state index contributed by atoms with van der Waals surface area (Å²) in [6.07, 6.45) is 11.4. The third kappa shape index (κ3) is 5.50. The summed E-state index contributed by atoms with van der Waals surface area (Å²) in [4.78, 5) is 2.61. The molecule has 0 aromatic heterocycles. The van der Waals surface area contributed by atoms with Crippen LogP contribution >= 0.6 is 0 Å². The lowest BCUT2D eigenvalue weighted by atomic mass is 9.72. The molecule has 2 atom stereocenters. The number of morpholine rings is 1. The largest absolute Gasteiger partial charge is 0.379 e. The molecule has 33 heavy (non-hydrogen) atoms. The van der Waals surface area contributed by atoms with Gasteiger partial charge in [0.25, 0.3) is 0 Å². The lowest BCUT2D eigenvalue weighted by Gasteiger charge is -2.36. The average Bonchev–Trinajstić information content (AvgIpc) is 3.18. The number of hydrogen-bond acceptors (Lipinski definition) is 4. The van der Waals surface area contributed by atoms with Crippen LogP contribution in [0.4, 0.5) is 0 Å². The Bertz CT molecular complexity index is 800. The molecule has 1 saturated heterocycles. The van der Waals surface area contributed by atoms with Crippen molar-refractivity contribution in [3.05, 3.63) is 34.4 Å². The van der Waals surface area contributed by atoms with Gasteiger partial charge in [0, 0.05) is 26.2 Å². The van der Waals surface area contributed by atoms with Gasteiger partial charge in [-0.25, -0.2) is 0 Å². The van der Waals surface area contributed by atoms with Crippen molar-refractivity contribution in [3.63, 3.8) is 0 Å². The molecule has 4 aliphatic rings. The molecule has 0 radical (unpaired) electrons. The van der Waals surface area contributed by atoms with Crippen LogP contribution in [0.2, 0.25) is 0 Å². The van der Waals surface area contributed by atoms with Crippen molar-refractivity contribution in [2.45, 2.75) is 79.8 Å². The summed E-state index contributed by atoms with van der Waals surface area (Å²) in [7, 11) is 0. The number of allylic oxidation sites excluding steroid dienone is 3. The minimum Gasteiger partial charge on any atom is -0.379 e. The Morgan fingerprint density at radius 1 is 1.09 bits per heavy atom. The van der Waals surface area contributed by atoms with Crippen LogP contribution in [0, 0.1) is 16.2 Å². The topological polar surface area (TPSA) is 30.9 Å². The van der Waals surface area contributed by atoms with Gasteiger partial charge in [0.1, 0.15) is 0 Å². The van der Waals surface area contributed by atoms with E-state index in [9.17, 15) is 0 Å². The Morgan fingerprint density at radius 3 is 2.52 bits per heavy atom. The minimum absolute atomic E-state index is 0.0982. The first kappa shape index (κ1) is 25.2. The second-order valence-electron chi connectivity index (χ2n) is 12.2. The van der Waals surface area contributed by atoms with E-state index in [1.165, 1.54) is 31.3 Å². The maximum atomic E-state index is 6.11. The van der Waals surface area contributed by atoms with Crippen LogP contribution in [0.15, 0.2) is 34.4 Å². The number of rotatable bonds is 8. The van der Waals surface area contributed by atoms with Gasteiger partial charge < -0.3 is 14.2 Å². The second kappa shape index (κ2) is 9.97. The molecule has 0 aromatic rings. The monoisotopic (exact) mass is 457 g/mol. The average molecular weight is 458 g/mol. The molecular weight excluding hydrogens is 410 g/mol. The van der Waals surface area contributed by atoms with Crippen LogP contribution in [0.5, 0.6) is 0 Å². The van der Waals surface area contributed by atoms with Crippen molar-refractivity contribution >= 4 is 0 Å². The van der Waals surface area contributed by atoms with E-state index in [1.54, 1.807) is 16.7 Å². The number of ether oxygens (including phenoxy) is 3. The molecule has 1 spiro atoms. The van der Waals surface area contributed by atoms with E-state index in [0.29, 0.717) is 24.0 Å². The van der Waals surface area contributed by atoms with Crippen molar-refractivity contribution < 1.29 is 14.2 Å². The maximum absolute atomic E-state index is 6.11. The molecule has 2 unspecified atom stereocenters. The maximum Gasteiger partial charge on any atom is 0.0734 e. The summed E-state index contributed by atoms with van der Waals surface area (Å²) >= 11 is 0. The lowest BCUT2D eigenvalue weighted by molar-refractivity contribution is 0.0331. The third-order valence-corrected chi connectivity index (χ3v) is 8.36. The molecule has 3 aliphatic carbocycles. The Kier molecular flexibility index (Phi) is 7.60. The van der Waals surface area contributed by atoms with Gasteiger partial charge in [0.2, 0.25) is 0 Å². The van der Waals surface area contributed by atoms with Gasteiger partial charge in [-0.05, 0) is 84.5 Å². The first-order chi connectivity index (χ1) is 15.7. The van der Waals surface area contributed by atoms with Crippen molar-refractivity contribution in [2.75, 3.05) is 52.7 Å². The Labute approximate surface area is 202 Å². The van der Waals surface area contributed by atoms with E-state index in [1.807, 2.05) is 6.92 Å². The third-order valence-electron chi connectivity index (χ3n) is 8.36. The highest BCUT2D eigenvalue weighted by molar-refractivity contribution is 5.59. The van der Waals surface area contributed by atoms with Crippen LogP contribution in [0.25, 0.3) is 0 Å². The van der Waals surface area contributed by atoms with Gasteiger partial charge in [-0.15, -0.1) is 0 Å². The van der Waals surface area contributed by atoms with Crippen molar-refractivity contribution in [1.29, 1.82) is 0 Å². The summed E-state index contributed by atoms with van der Waals surface area (Å²) in [5.74, 6) is 0. The number of fused-ring (bicyclic) bond motifs is 2. The smallest absolute Gasteiger partial charge is 0.0734 e. The van der Waals surface area contributed by atoms with Crippen molar-refractivity contribution in [1.82, 2.24) is 4.90 Å². The fraction of sp³-hybridized carbons (Fsp3) is 0.793. The molecule has 4 rings (SSSR count). The predicted molar refractivity (Wildman–Crippen MR) is 135 cm³/mol. The first-order valence-corrected chi connectivity index (χ1v) is 13.3. The Balaban J connectivity index is 1.70. The van der Waals surface area contributed by atoms with Crippen LogP contribution in [-0.2, 0) is 14.2 Å². The fourth-order valence-corrected chi connectivity index (χ4v) is 7.15. The highest BCUT2D eigenvalue weighted by Gasteiger charge is 2.56. The predicted octanol–water partition coefficient (Wildman–Crippen LogP) is 5.94. The molecule has 4 nitrogen and oxygen atoms in total. The Morgan fingerprint density at radius 2 is 1.85 bits per heavy atom. The quantitative estimate of drug-likeness (QED) is 0.422. The number of hydrogen-bond donors (Lipinski definition) is 0. The van der Waals surface area contributed by atoms with E-state index >= 15 is 0 Å². The standard InChI is InChI=1S/C29H47NO3/c1-7-31-16-17-33-22(2)18-23-8-9-25-26(24(23)19-30-12-14-32-15-13-30)29(21-28(25,5)6)11-10-27(3,4)20-29/h9,18,22H,7-8,10-17,19-21H2,1-6H3/b23-18+. The molecule has 1 heterocycles. The van der Waals surface area contributed by atoms with E-state index in [0.717, 1.165) is 45.9 Å². The summed E-state index contributed by atoms with van der Waals surface area (Å²) in [5.41, 5.74) is 7.48. The fourth-order valence-electron chi connectivity index (χ4n) is 7.15. The second-order valence-corrected chi connectivity index (χ2v) is 12.2. The van der Waals surface area contributed by atoms with E-state index in [2.05, 4.69) is 51.7 Å². The van der Waals surface area contributed by atoms with E-state index in [4.69, 9.17) is 14.2 Å². The van der Waals surface area contributed by atoms with Gasteiger partial charge in [-0.1, -0.05) is 39.8 Å². The molecule has 3 fully saturated rings. The highest BCUT2D eigenvalue weighted by Crippen LogP contribution is 2.68. The van der Waals surface area contributed by atoms with Gasteiger partial charge >= 0.3 is 0 Å². The van der Waals surface area contributed by atoms with Crippen LogP contribution in [0.1, 0.15) is 73.6 Å². The molecule has 1 aliphatic heterocycles. The van der Waals surface area contributed by atoms with Gasteiger partial charge in [-0.2, -0.15) is 0 Å². The minimum atomic E-state index is 0.0982. The molecule has 4 heteroatoms. The van der Waals surface area contributed by atoms with Crippen molar-refractivity contribution in [3.8, 4) is 0 Å². The molecule has 0 aromatic carbocycles. The van der Waals surface area contributed by atoms with Gasteiger partial charge in [-0.3, -0.25) is 4.90 Å². The van der Waals surface area contributed by atoms with Gasteiger partial charge in [0.05, 0.1) is 32.5 Å². The van der Waals surface area contributed by atoms with E-state index in [-0.39, 0.29) is 11.5 Å². The molecule has 0 N–H and O–H groups in total. The van der Waals surface area contributed by atoms with Crippen LogP contribution in [0.3, 0.4) is 0 Å². The zero-order chi connectivity index (χ0) is 23.7. The molecular formula is C29H47NO3. The summed E-state index contributed by atoms with van der Waals surface area (Å²) in [6, 6.07) is 0. The zero-order valence-electron chi connectivity index (χ0n) is 22.1. The van der Waals surface area contributed by atoms with E-state index < -0.39 is 0 Å². The normalized spacial score (nSPS) is 31.3. The molecule has 186 valence electrons. The number of nitrogens with zero attached hydrogens (tertiary/aromatic N) is 1. The van der Waals surface area contributed by atoms with Crippen LogP contribution < -0.4 is 0 Å². The summed E-state index contributed by atoms with van der Waals surface area (Å²) < 4.78 is 17.3. The lowest BCUT2D eigenvalue weighted by Crippen LogP contribution is -2.38. The summed E-state index contributed by atoms with van der Waals surface area (Å²) in [6.45, 7) is 21.0. The SMILES string of the molecule is CCOCCOC(C)/C=C1\CC=C2C(=C1CN1CCOCC1)C1(CCC(C)(C)C1)CC2(C)C.